The van der Waals surface area contributed by atoms with Gasteiger partial charge in [0, 0.05) is 16.6 Å². The minimum absolute atomic E-state index is 0.0476. The second-order valence-corrected chi connectivity index (χ2v) is 7.35. The lowest BCUT2D eigenvalue weighted by Gasteiger charge is -2.09. The van der Waals surface area contributed by atoms with E-state index in [1.165, 1.54) is 22.2 Å². The van der Waals surface area contributed by atoms with Gasteiger partial charge in [-0.15, -0.1) is 0 Å². The number of pyridine rings is 1. The van der Waals surface area contributed by atoms with Gasteiger partial charge in [-0.25, -0.2) is 0 Å². The molecular weight excluding hydrogens is 358 g/mol. The van der Waals surface area contributed by atoms with E-state index in [9.17, 15) is 5.11 Å². The minimum Gasteiger partial charge on any atom is -0.489 e. The second-order valence-electron chi connectivity index (χ2n) is 7.35. The van der Waals surface area contributed by atoms with E-state index < -0.39 is 0 Å². The summed E-state index contributed by atoms with van der Waals surface area (Å²) < 4.78 is 8.23. The van der Waals surface area contributed by atoms with Crippen LogP contribution in [-0.4, -0.2) is 9.51 Å². The zero-order valence-electron chi connectivity index (χ0n) is 16.4. The molecule has 0 saturated carbocycles. The fraction of sp³-hybridized carbons (Fsp3) is 0.154. The van der Waals surface area contributed by atoms with Crippen LogP contribution >= 0.6 is 0 Å². The predicted octanol–water partition coefficient (Wildman–Crippen LogP) is 5.83. The lowest BCUT2D eigenvalue weighted by atomic mass is 9.98. The third-order valence-electron chi connectivity index (χ3n) is 5.65. The van der Waals surface area contributed by atoms with E-state index in [0.29, 0.717) is 6.61 Å². The Hall–Kier alpha value is -3.30. The maximum absolute atomic E-state index is 9.88. The summed E-state index contributed by atoms with van der Waals surface area (Å²) in [5.41, 5.74) is 9.35. The molecule has 1 N–H and O–H groups in total. The molecule has 0 radical (unpaired) electrons. The summed E-state index contributed by atoms with van der Waals surface area (Å²) in [4.78, 5) is 0. The van der Waals surface area contributed by atoms with E-state index in [-0.39, 0.29) is 6.61 Å². The van der Waals surface area contributed by atoms with Crippen molar-refractivity contribution in [1.82, 2.24) is 4.40 Å². The van der Waals surface area contributed by atoms with Crippen LogP contribution in [0.2, 0.25) is 0 Å². The van der Waals surface area contributed by atoms with Gasteiger partial charge in [-0.3, -0.25) is 0 Å². The van der Waals surface area contributed by atoms with E-state index in [4.69, 9.17) is 4.74 Å². The normalized spacial score (nSPS) is 11.5. The molecule has 3 heteroatoms. The van der Waals surface area contributed by atoms with E-state index in [1.54, 1.807) is 0 Å². The molecule has 0 aliphatic rings. The first-order chi connectivity index (χ1) is 14.3. The number of aliphatic hydroxyl groups is 1. The van der Waals surface area contributed by atoms with E-state index >= 15 is 0 Å². The van der Waals surface area contributed by atoms with Crippen LogP contribution in [0.3, 0.4) is 0 Å². The molecular formula is C26H23NO2. The van der Waals surface area contributed by atoms with Gasteiger partial charge in [0.05, 0.1) is 17.6 Å². The third-order valence-corrected chi connectivity index (χ3v) is 5.65. The van der Waals surface area contributed by atoms with Gasteiger partial charge >= 0.3 is 0 Å². The average molecular weight is 381 g/mol. The first kappa shape index (κ1) is 17.8. The van der Waals surface area contributed by atoms with Gasteiger partial charge in [0.15, 0.2) is 0 Å². The van der Waals surface area contributed by atoms with Crippen molar-refractivity contribution in [2.75, 3.05) is 0 Å². The van der Waals surface area contributed by atoms with Crippen LogP contribution in [0.25, 0.3) is 27.7 Å². The van der Waals surface area contributed by atoms with Crippen molar-refractivity contribution in [3.8, 4) is 16.9 Å². The summed E-state index contributed by atoms with van der Waals surface area (Å²) in [5, 5.41) is 9.88. The summed E-state index contributed by atoms with van der Waals surface area (Å²) in [6, 6.07) is 27.0. The van der Waals surface area contributed by atoms with Crippen LogP contribution in [0, 0.1) is 0 Å². The molecule has 0 aliphatic heterocycles. The van der Waals surface area contributed by atoms with Crippen LogP contribution in [0.15, 0.2) is 78.9 Å². The van der Waals surface area contributed by atoms with Crippen LogP contribution in [0.4, 0.5) is 0 Å². The molecule has 0 amide bonds. The fourth-order valence-corrected chi connectivity index (χ4v) is 4.29. The van der Waals surface area contributed by atoms with Crippen molar-refractivity contribution in [3.63, 3.8) is 0 Å². The largest absolute Gasteiger partial charge is 0.489 e. The van der Waals surface area contributed by atoms with Crippen molar-refractivity contribution in [2.24, 2.45) is 0 Å². The Balaban J connectivity index is 1.54. The number of rotatable bonds is 6. The van der Waals surface area contributed by atoms with Gasteiger partial charge in [0.1, 0.15) is 12.4 Å². The van der Waals surface area contributed by atoms with Crippen molar-refractivity contribution >= 4 is 16.6 Å². The standard InChI is InChI=1S/C26H23NO2/c1-2-23-25(24-15-12-21-11-8-20(16-28)26(23)27(21)24)19-9-13-22(14-10-19)29-17-18-6-4-3-5-7-18/h3-15,28H,2,16-17H2,1H3. The van der Waals surface area contributed by atoms with Gasteiger partial charge in [-0.1, -0.05) is 55.5 Å². The molecule has 5 rings (SSSR count). The second kappa shape index (κ2) is 7.26. The van der Waals surface area contributed by atoms with Crippen molar-refractivity contribution in [1.29, 1.82) is 0 Å². The molecule has 0 atom stereocenters. The number of aliphatic hydroxyl groups excluding tert-OH is 1. The zero-order valence-corrected chi connectivity index (χ0v) is 16.4. The zero-order chi connectivity index (χ0) is 19.8. The highest BCUT2D eigenvalue weighted by atomic mass is 16.5. The number of hydrogen-bond donors (Lipinski definition) is 1. The summed E-state index contributed by atoms with van der Waals surface area (Å²) >= 11 is 0. The number of aryl methyl sites for hydroxylation is 1. The third kappa shape index (κ3) is 2.95. The molecule has 2 aromatic carbocycles. The van der Waals surface area contributed by atoms with E-state index in [0.717, 1.165) is 34.3 Å². The summed E-state index contributed by atoms with van der Waals surface area (Å²) in [6.45, 7) is 2.79. The Morgan fingerprint density at radius 2 is 1.62 bits per heavy atom. The maximum atomic E-state index is 9.88. The topological polar surface area (TPSA) is 33.9 Å². The molecule has 3 aromatic heterocycles. The lowest BCUT2D eigenvalue weighted by molar-refractivity contribution is 0.283. The molecule has 0 spiro atoms. The number of benzene rings is 2. The first-order valence-corrected chi connectivity index (χ1v) is 10.1. The SMILES string of the molecule is CCc1c(-c2ccc(OCc3ccccc3)cc2)c2ccc3ccc(CO)c1n32. The van der Waals surface area contributed by atoms with Crippen LogP contribution in [0.1, 0.15) is 23.6 Å². The van der Waals surface area contributed by atoms with Crippen LogP contribution < -0.4 is 4.74 Å². The van der Waals surface area contributed by atoms with E-state index in [1.807, 2.05) is 36.4 Å². The Morgan fingerprint density at radius 3 is 2.34 bits per heavy atom. The highest BCUT2D eigenvalue weighted by Crippen LogP contribution is 2.39. The quantitative estimate of drug-likeness (QED) is 0.401. The number of nitrogens with zero attached hydrogens (tertiary/aromatic N) is 1. The molecule has 0 bridgehead atoms. The predicted molar refractivity (Wildman–Crippen MR) is 118 cm³/mol. The molecule has 144 valence electrons. The number of hydrogen-bond acceptors (Lipinski definition) is 2. The lowest BCUT2D eigenvalue weighted by Crippen LogP contribution is -1.95. The van der Waals surface area contributed by atoms with Gasteiger partial charge in [-0.2, -0.15) is 0 Å². The van der Waals surface area contributed by atoms with Gasteiger partial charge in [0.2, 0.25) is 0 Å². The Labute approximate surface area is 170 Å². The van der Waals surface area contributed by atoms with Gasteiger partial charge < -0.3 is 14.2 Å². The van der Waals surface area contributed by atoms with Crippen molar-refractivity contribution < 1.29 is 9.84 Å². The van der Waals surface area contributed by atoms with Gasteiger partial charge in [0.25, 0.3) is 0 Å². The molecule has 0 saturated heterocycles. The molecule has 5 aromatic rings. The van der Waals surface area contributed by atoms with Crippen molar-refractivity contribution in [3.05, 3.63) is 95.6 Å². The van der Waals surface area contributed by atoms with E-state index in [2.05, 4.69) is 53.8 Å². The summed E-state index contributed by atoms with van der Waals surface area (Å²) in [5.74, 6) is 0.864. The molecule has 3 heterocycles. The Morgan fingerprint density at radius 1 is 0.862 bits per heavy atom. The maximum Gasteiger partial charge on any atom is 0.119 e. The summed E-state index contributed by atoms with van der Waals surface area (Å²) in [7, 11) is 0. The smallest absolute Gasteiger partial charge is 0.119 e. The Bertz CT molecular complexity index is 1250. The molecule has 3 nitrogen and oxygen atoms in total. The highest BCUT2D eigenvalue weighted by Gasteiger charge is 2.20. The average Bonchev–Trinajstić information content (AvgIpc) is 3.35. The molecule has 0 aliphatic carbocycles. The monoisotopic (exact) mass is 381 g/mol. The molecule has 0 unspecified atom stereocenters. The van der Waals surface area contributed by atoms with Crippen LogP contribution in [0.5, 0.6) is 5.75 Å². The van der Waals surface area contributed by atoms with Crippen LogP contribution in [-0.2, 0) is 19.6 Å². The Kier molecular flexibility index (Phi) is 4.45. The highest BCUT2D eigenvalue weighted by molar-refractivity contribution is 5.96. The summed E-state index contributed by atoms with van der Waals surface area (Å²) in [6.07, 6.45) is 0.912. The molecule has 29 heavy (non-hydrogen) atoms. The van der Waals surface area contributed by atoms with Gasteiger partial charge in [-0.05, 0) is 53.4 Å². The number of ether oxygens (including phenoxy) is 1. The molecule has 0 fully saturated rings. The van der Waals surface area contributed by atoms with Crippen molar-refractivity contribution in [2.45, 2.75) is 26.6 Å². The first-order valence-electron chi connectivity index (χ1n) is 10.1. The fourth-order valence-electron chi connectivity index (χ4n) is 4.29. The number of aromatic nitrogens is 1. The minimum atomic E-state index is 0.0476.